The third kappa shape index (κ3) is 2.96. The second-order valence-electron chi connectivity index (χ2n) is 5.77. The van der Waals surface area contributed by atoms with Gasteiger partial charge in [0.2, 0.25) is 5.91 Å². The molecule has 1 unspecified atom stereocenters. The molecule has 1 fully saturated rings. The molecule has 4 heteroatoms. The van der Waals surface area contributed by atoms with Gasteiger partial charge in [-0.3, -0.25) is 4.79 Å². The van der Waals surface area contributed by atoms with E-state index in [2.05, 4.69) is 34.7 Å². The number of anilines is 1. The average Bonchev–Trinajstić information content (AvgIpc) is 2.96. The Morgan fingerprint density at radius 1 is 1.42 bits per heavy atom. The van der Waals surface area contributed by atoms with E-state index in [0.717, 1.165) is 43.3 Å². The first kappa shape index (κ1) is 12.6. The molecule has 102 valence electrons. The van der Waals surface area contributed by atoms with E-state index >= 15 is 0 Å². The molecule has 1 atom stereocenters. The standard InChI is InChI=1S/C15H21N3O/c1-18(10-12-4-5-16-8-12)9-11-2-3-14-13(6-11)7-15(19)17-14/h2-3,6,12,16H,4-5,7-10H2,1H3,(H,17,19). The highest BCUT2D eigenvalue weighted by atomic mass is 16.1. The van der Waals surface area contributed by atoms with Crippen LogP contribution in [0.15, 0.2) is 18.2 Å². The summed E-state index contributed by atoms with van der Waals surface area (Å²) >= 11 is 0. The minimum atomic E-state index is 0.109. The summed E-state index contributed by atoms with van der Waals surface area (Å²) in [6.07, 6.45) is 1.81. The lowest BCUT2D eigenvalue weighted by molar-refractivity contribution is -0.115. The zero-order chi connectivity index (χ0) is 13.2. The lowest BCUT2D eigenvalue weighted by atomic mass is 10.1. The van der Waals surface area contributed by atoms with E-state index in [9.17, 15) is 4.79 Å². The van der Waals surface area contributed by atoms with Crippen LogP contribution < -0.4 is 10.6 Å². The van der Waals surface area contributed by atoms with Crippen LogP contribution in [0, 0.1) is 5.92 Å². The van der Waals surface area contributed by atoms with Crippen LogP contribution in [0.25, 0.3) is 0 Å². The molecule has 2 N–H and O–H groups in total. The van der Waals surface area contributed by atoms with E-state index in [4.69, 9.17) is 0 Å². The number of carbonyl (C=O) groups excluding carboxylic acids is 1. The molecule has 0 aliphatic carbocycles. The Kier molecular flexibility index (Phi) is 3.53. The van der Waals surface area contributed by atoms with Gasteiger partial charge in [0.05, 0.1) is 6.42 Å². The van der Waals surface area contributed by atoms with Crippen LogP contribution >= 0.6 is 0 Å². The van der Waals surface area contributed by atoms with Crippen LogP contribution in [0.1, 0.15) is 17.5 Å². The third-order valence-corrected chi connectivity index (χ3v) is 3.98. The molecule has 1 amide bonds. The number of nitrogens with one attached hydrogen (secondary N) is 2. The van der Waals surface area contributed by atoms with Gasteiger partial charge in [0.15, 0.2) is 0 Å². The molecule has 0 saturated carbocycles. The normalized spacial score (nSPS) is 21.8. The summed E-state index contributed by atoms with van der Waals surface area (Å²) < 4.78 is 0. The summed E-state index contributed by atoms with van der Waals surface area (Å²) in [7, 11) is 2.18. The third-order valence-electron chi connectivity index (χ3n) is 3.98. The van der Waals surface area contributed by atoms with Crippen LogP contribution in [-0.2, 0) is 17.8 Å². The summed E-state index contributed by atoms with van der Waals surface area (Å²) in [4.78, 5) is 13.7. The highest BCUT2D eigenvalue weighted by molar-refractivity contribution is 5.99. The van der Waals surface area contributed by atoms with Gasteiger partial charge in [0.25, 0.3) is 0 Å². The van der Waals surface area contributed by atoms with Gasteiger partial charge in [0, 0.05) is 18.8 Å². The molecule has 19 heavy (non-hydrogen) atoms. The van der Waals surface area contributed by atoms with Crippen molar-refractivity contribution < 1.29 is 4.79 Å². The van der Waals surface area contributed by atoms with Crippen molar-refractivity contribution >= 4 is 11.6 Å². The van der Waals surface area contributed by atoms with E-state index in [1.807, 2.05) is 6.07 Å². The molecule has 1 aromatic rings. The van der Waals surface area contributed by atoms with Crippen molar-refractivity contribution in [3.05, 3.63) is 29.3 Å². The summed E-state index contributed by atoms with van der Waals surface area (Å²) in [5.41, 5.74) is 3.42. The molecule has 3 rings (SSSR count). The van der Waals surface area contributed by atoms with Crippen LogP contribution in [0.4, 0.5) is 5.69 Å². The van der Waals surface area contributed by atoms with Gasteiger partial charge in [-0.15, -0.1) is 0 Å². The highest BCUT2D eigenvalue weighted by Crippen LogP contribution is 2.24. The fourth-order valence-electron chi connectivity index (χ4n) is 3.07. The molecular weight excluding hydrogens is 238 g/mol. The number of hydrogen-bond donors (Lipinski definition) is 2. The molecule has 1 saturated heterocycles. The highest BCUT2D eigenvalue weighted by Gasteiger charge is 2.19. The maximum absolute atomic E-state index is 11.3. The van der Waals surface area contributed by atoms with Gasteiger partial charge in [-0.1, -0.05) is 12.1 Å². The fraction of sp³-hybridized carbons (Fsp3) is 0.533. The zero-order valence-corrected chi connectivity index (χ0v) is 11.4. The number of nitrogens with zero attached hydrogens (tertiary/aromatic N) is 1. The number of fused-ring (bicyclic) bond motifs is 1. The first-order valence-electron chi connectivity index (χ1n) is 7.01. The van der Waals surface area contributed by atoms with E-state index < -0.39 is 0 Å². The number of hydrogen-bond acceptors (Lipinski definition) is 3. The Morgan fingerprint density at radius 2 is 2.32 bits per heavy atom. The Bertz CT molecular complexity index is 480. The maximum atomic E-state index is 11.3. The van der Waals surface area contributed by atoms with E-state index in [-0.39, 0.29) is 5.91 Å². The van der Waals surface area contributed by atoms with Crippen molar-refractivity contribution in [2.45, 2.75) is 19.4 Å². The maximum Gasteiger partial charge on any atom is 0.228 e. The topological polar surface area (TPSA) is 44.4 Å². The van der Waals surface area contributed by atoms with Crippen molar-refractivity contribution in [2.75, 3.05) is 32.0 Å². The summed E-state index contributed by atoms with van der Waals surface area (Å²) in [6.45, 7) is 4.40. The molecular formula is C15H21N3O. The Hall–Kier alpha value is -1.39. The van der Waals surface area contributed by atoms with Crippen LogP contribution in [0.2, 0.25) is 0 Å². The van der Waals surface area contributed by atoms with Gasteiger partial charge in [0.1, 0.15) is 0 Å². The predicted molar refractivity (Wildman–Crippen MR) is 76.1 cm³/mol. The van der Waals surface area contributed by atoms with Gasteiger partial charge in [-0.2, -0.15) is 0 Å². The fourth-order valence-corrected chi connectivity index (χ4v) is 3.07. The van der Waals surface area contributed by atoms with Gasteiger partial charge < -0.3 is 15.5 Å². The lowest BCUT2D eigenvalue weighted by Crippen LogP contribution is -2.26. The lowest BCUT2D eigenvalue weighted by Gasteiger charge is -2.20. The molecule has 0 spiro atoms. The first-order valence-corrected chi connectivity index (χ1v) is 7.01. The molecule has 4 nitrogen and oxygen atoms in total. The zero-order valence-electron chi connectivity index (χ0n) is 11.4. The van der Waals surface area contributed by atoms with Gasteiger partial charge in [-0.05, 0) is 49.7 Å². The Labute approximate surface area is 114 Å². The second kappa shape index (κ2) is 5.31. The average molecular weight is 259 g/mol. The quantitative estimate of drug-likeness (QED) is 0.854. The predicted octanol–water partition coefficient (Wildman–Crippen LogP) is 1.22. The van der Waals surface area contributed by atoms with Crippen molar-refractivity contribution in [3.63, 3.8) is 0 Å². The minimum Gasteiger partial charge on any atom is -0.326 e. The van der Waals surface area contributed by atoms with E-state index in [1.54, 1.807) is 0 Å². The number of carbonyl (C=O) groups is 1. The van der Waals surface area contributed by atoms with Gasteiger partial charge in [-0.25, -0.2) is 0 Å². The van der Waals surface area contributed by atoms with Crippen molar-refractivity contribution in [2.24, 2.45) is 5.92 Å². The van der Waals surface area contributed by atoms with Crippen molar-refractivity contribution in [1.29, 1.82) is 0 Å². The monoisotopic (exact) mass is 259 g/mol. The molecule has 2 aliphatic rings. The smallest absolute Gasteiger partial charge is 0.228 e. The van der Waals surface area contributed by atoms with Crippen LogP contribution in [0.3, 0.4) is 0 Å². The van der Waals surface area contributed by atoms with Crippen molar-refractivity contribution in [1.82, 2.24) is 10.2 Å². The summed E-state index contributed by atoms with van der Waals surface area (Å²) in [5, 5.41) is 6.28. The number of benzene rings is 1. The van der Waals surface area contributed by atoms with E-state index in [1.165, 1.54) is 12.0 Å². The number of amides is 1. The van der Waals surface area contributed by atoms with Crippen molar-refractivity contribution in [3.8, 4) is 0 Å². The van der Waals surface area contributed by atoms with Crippen LogP contribution in [-0.4, -0.2) is 37.5 Å². The molecule has 0 aromatic heterocycles. The summed E-state index contributed by atoms with van der Waals surface area (Å²) in [6, 6.07) is 6.31. The summed E-state index contributed by atoms with van der Waals surface area (Å²) in [5.74, 6) is 0.889. The Morgan fingerprint density at radius 3 is 3.11 bits per heavy atom. The molecule has 2 aliphatic heterocycles. The van der Waals surface area contributed by atoms with Gasteiger partial charge >= 0.3 is 0 Å². The number of rotatable bonds is 4. The molecule has 2 heterocycles. The van der Waals surface area contributed by atoms with E-state index in [0.29, 0.717) is 6.42 Å². The minimum absolute atomic E-state index is 0.109. The molecule has 1 aromatic carbocycles. The Balaban J connectivity index is 1.60. The SMILES string of the molecule is CN(Cc1ccc2c(c1)CC(=O)N2)CC1CCNC1. The molecule has 0 bridgehead atoms. The molecule has 0 radical (unpaired) electrons. The second-order valence-corrected chi connectivity index (χ2v) is 5.77. The first-order chi connectivity index (χ1) is 9.20. The largest absolute Gasteiger partial charge is 0.326 e. The van der Waals surface area contributed by atoms with Crippen LogP contribution in [0.5, 0.6) is 0 Å².